The normalized spacial score (nSPS) is 12.3. The zero-order valence-corrected chi connectivity index (χ0v) is 15.8. The quantitative estimate of drug-likeness (QED) is 0.813. The Labute approximate surface area is 153 Å². The molecule has 0 aliphatic carbocycles. The van der Waals surface area contributed by atoms with Crippen molar-refractivity contribution in [3.05, 3.63) is 59.7 Å². The topological polar surface area (TPSA) is 92.3 Å². The molecule has 0 radical (unpaired) electrons. The molecule has 0 heterocycles. The Hall–Kier alpha value is -2.67. The highest BCUT2D eigenvalue weighted by Gasteiger charge is 2.18. The summed E-state index contributed by atoms with van der Waals surface area (Å²) in [6.07, 6.45) is 1.15. The van der Waals surface area contributed by atoms with E-state index in [0.29, 0.717) is 5.69 Å². The SMILES string of the molecule is CC(=O)NC(CC(=O)Nc1cc(S(C)(=O)=O)ccc1C)c1ccccc1. The zero-order chi connectivity index (χ0) is 19.3. The molecule has 138 valence electrons. The van der Waals surface area contributed by atoms with Gasteiger partial charge in [-0.1, -0.05) is 36.4 Å². The van der Waals surface area contributed by atoms with E-state index in [0.717, 1.165) is 17.4 Å². The van der Waals surface area contributed by atoms with Crippen LogP contribution >= 0.6 is 0 Å². The van der Waals surface area contributed by atoms with Crippen molar-refractivity contribution in [2.75, 3.05) is 11.6 Å². The molecule has 0 aromatic heterocycles. The molecule has 0 aliphatic heterocycles. The molecule has 2 N–H and O–H groups in total. The lowest BCUT2D eigenvalue weighted by Crippen LogP contribution is -2.29. The molecule has 2 aromatic carbocycles. The van der Waals surface area contributed by atoms with Gasteiger partial charge in [-0.15, -0.1) is 0 Å². The van der Waals surface area contributed by atoms with E-state index in [9.17, 15) is 18.0 Å². The highest BCUT2D eigenvalue weighted by molar-refractivity contribution is 7.90. The highest BCUT2D eigenvalue weighted by atomic mass is 32.2. The Bertz CT molecular complexity index is 908. The molecule has 1 atom stereocenters. The zero-order valence-electron chi connectivity index (χ0n) is 14.9. The minimum absolute atomic E-state index is 0.0339. The molecular weight excluding hydrogens is 352 g/mol. The van der Waals surface area contributed by atoms with Gasteiger partial charge >= 0.3 is 0 Å². The van der Waals surface area contributed by atoms with Gasteiger partial charge in [-0.2, -0.15) is 0 Å². The fourth-order valence-corrected chi connectivity index (χ4v) is 3.18. The van der Waals surface area contributed by atoms with Gasteiger partial charge in [0.1, 0.15) is 0 Å². The molecule has 7 heteroatoms. The second-order valence-corrected chi connectivity index (χ2v) is 8.18. The van der Waals surface area contributed by atoms with Crippen LogP contribution < -0.4 is 10.6 Å². The van der Waals surface area contributed by atoms with Gasteiger partial charge in [-0.25, -0.2) is 8.42 Å². The van der Waals surface area contributed by atoms with Crippen LogP contribution in [0.3, 0.4) is 0 Å². The highest BCUT2D eigenvalue weighted by Crippen LogP contribution is 2.22. The summed E-state index contributed by atoms with van der Waals surface area (Å²) in [6, 6.07) is 13.3. The Kier molecular flexibility index (Phi) is 6.15. The van der Waals surface area contributed by atoms with Crippen LogP contribution in [0, 0.1) is 6.92 Å². The van der Waals surface area contributed by atoms with Crippen molar-refractivity contribution in [2.45, 2.75) is 31.2 Å². The third-order valence-corrected chi connectivity index (χ3v) is 4.99. The first-order chi connectivity index (χ1) is 12.2. The molecule has 6 nitrogen and oxygen atoms in total. The maximum atomic E-state index is 12.5. The minimum atomic E-state index is -3.37. The van der Waals surface area contributed by atoms with Crippen molar-refractivity contribution in [3.8, 4) is 0 Å². The fraction of sp³-hybridized carbons (Fsp3) is 0.263. The van der Waals surface area contributed by atoms with Crippen LogP contribution in [0.2, 0.25) is 0 Å². The van der Waals surface area contributed by atoms with Gasteiger partial charge in [0, 0.05) is 18.9 Å². The van der Waals surface area contributed by atoms with Gasteiger partial charge in [0.25, 0.3) is 0 Å². The maximum absolute atomic E-state index is 12.5. The smallest absolute Gasteiger partial charge is 0.226 e. The van der Waals surface area contributed by atoms with E-state index in [1.807, 2.05) is 30.3 Å². The Morgan fingerprint density at radius 3 is 2.31 bits per heavy atom. The number of aryl methyl sites for hydroxylation is 1. The number of amides is 2. The van der Waals surface area contributed by atoms with E-state index < -0.39 is 15.9 Å². The summed E-state index contributed by atoms with van der Waals surface area (Å²) in [4.78, 5) is 24.1. The summed E-state index contributed by atoms with van der Waals surface area (Å²) in [5, 5.41) is 5.51. The summed E-state index contributed by atoms with van der Waals surface area (Å²) >= 11 is 0. The predicted molar refractivity (Wildman–Crippen MR) is 101 cm³/mol. The molecule has 2 aromatic rings. The lowest BCUT2D eigenvalue weighted by atomic mass is 10.0. The molecule has 0 spiro atoms. The van der Waals surface area contributed by atoms with Crippen molar-refractivity contribution in [2.24, 2.45) is 0 Å². The second-order valence-electron chi connectivity index (χ2n) is 6.16. The average molecular weight is 374 g/mol. The summed E-state index contributed by atoms with van der Waals surface area (Å²) in [6.45, 7) is 3.18. The molecule has 2 rings (SSSR count). The van der Waals surface area contributed by atoms with Crippen molar-refractivity contribution < 1.29 is 18.0 Å². The van der Waals surface area contributed by atoms with E-state index in [-0.39, 0.29) is 23.1 Å². The predicted octanol–water partition coefficient (Wildman–Crippen LogP) is 2.60. The molecule has 0 aliphatic rings. The van der Waals surface area contributed by atoms with Crippen LogP contribution in [-0.4, -0.2) is 26.5 Å². The van der Waals surface area contributed by atoms with Crippen LogP contribution in [-0.2, 0) is 19.4 Å². The molecule has 1 unspecified atom stereocenters. The fourth-order valence-electron chi connectivity index (χ4n) is 2.54. The van der Waals surface area contributed by atoms with Crippen molar-refractivity contribution in [1.29, 1.82) is 0 Å². The monoisotopic (exact) mass is 374 g/mol. The number of benzene rings is 2. The maximum Gasteiger partial charge on any atom is 0.226 e. The first-order valence-electron chi connectivity index (χ1n) is 8.09. The Morgan fingerprint density at radius 1 is 1.08 bits per heavy atom. The van der Waals surface area contributed by atoms with Gasteiger partial charge < -0.3 is 10.6 Å². The molecule has 0 bridgehead atoms. The first-order valence-corrected chi connectivity index (χ1v) is 9.98. The summed E-state index contributed by atoms with van der Waals surface area (Å²) < 4.78 is 23.4. The van der Waals surface area contributed by atoms with E-state index in [1.54, 1.807) is 13.0 Å². The molecule has 0 saturated heterocycles. The number of hydrogen-bond donors (Lipinski definition) is 2. The Balaban J connectivity index is 2.19. The number of hydrogen-bond acceptors (Lipinski definition) is 4. The standard InChI is InChI=1S/C19H22N2O4S/c1-13-9-10-16(26(3,24)25)11-17(13)21-19(23)12-18(20-14(2)22)15-7-5-4-6-8-15/h4-11,18H,12H2,1-3H3,(H,20,22)(H,21,23). The summed E-state index contributed by atoms with van der Waals surface area (Å²) in [5.41, 5.74) is 2.01. The molecule has 0 fully saturated rings. The average Bonchev–Trinajstić information content (AvgIpc) is 2.55. The van der Waals surface area contributed by atoms with Gasteiger partial charge in [-0.3, -0.25) is 9.59 Å². The second kappa shape index (κ2) is 8.14. The van der Waals surface area contributed by atoms with E-state index in [2.05, 4.69) is 10.6 Å². The summed E-state index contributed by atoms with van der Waals surface area (Å²) in [7, 11) is -3.37. The lowest BCUT2D eigenvalue weighted by Gasteiger charge is -2.18. The summed E-state index contributed by atoms with van der Waals surface area (Å²) in [5.74, 6) is -0.553. The van der Waals surface area contributed by atoms with Crippen LogP contribution in [0.4, 0.5) is 5.69 Å². The number of rotatable bonds is 6. The third-order valence-electron chi connectivity index (χ3n) is 3.88. The van der Waals surface area contributed by atoms with Crippen molar-refractivity contribution in [3.63, 3.8) is 0 Å². The van der Waals surface area contributed by atoms with Crippen LogP contribution in [0.5, 0.6) is 0 Å². The van der Waals surface area contributed by atoms with Gasteiger partial charge in [0.15, 0.2) is 9.84 Å². The molecule has 2 amide bonds. The van der Waals surface area contributed by atoms with Crippen molar-refractivity contribution >= 4 is 27.3 Å². The number of nitrogens with one attached hydrogen (secondary N) is 2. The Morgan fingerprint density at radius 2 is 1.73 bits per heavy atom. The van der Waals surface area contributed by atoms with Crippen LogP contribution in [0.1, 0.15) is 30.5 Å². The third kappa shape index (κ3) is 5.42. The number of carbonyl (C=O) groups excluding carboxylic acids is 2. The molecule has 0 saturated carbocycles. The molecular formula is C19H22N2O4S. The van der Waals surface area contributed by atoms with E-state index in [4.69, 9.17) is 0 Å². The first kappa shape index (κ1) is 19.7. The molecule has 26 heavy (non-hydrogen) atoms. The van der Waals surface area contributed by atoms with Gasteiger partial charge in [-0.05, 0) is 30.2 Å². The van der Waals surface area contributed by atoms with E-state index in [1.165, 1.54) is 19.1 Å². The number of sulfone groups is 1. The van der Waals surface area contributed by atoms with Gasteiger partial charge in [0.05, 0.1) is 17.4 Å². The minimum Gasteiger partial charge on any atom is -0.349 e. The van der Waals surface area contributed by atoms with Crippen LogP contribution in [0.25, 0.3) is 0 Å². The van der Waals surface area contributed by atoms with E-state index >= 15 is 0 Å². The van der Waals surface area contributed by atoms with Gasteiger partial charge in [0.2, 0.25) is 11.8 Å². The van der Waals surface area contributed by atoms with Crippen molar-refractivity contribution in [1.82, 2.24) is 5.32 Å². The number of anilines is 1. The number of carbonyl (C=O) groups is 2. The van der Waals surface area contributed by atoms with Crippen LogP contribution in [0.15, 0.2) is 53.4 Å². The lowest BCUT2D eigenvalue weighted by molar-refractivity contribution is -0.120. The largest absolute Gasteiger partial charge is 0.349 e.